The standard InChI is InChI=1S/C19H18N2O2/c22-14-17-7-2-1-6-16(17)13-20-19(23)15-8-5-9-18(12-15)21-10-3-4-11-21/h1-12,22H,13-14H2,(H,20,23). The van der Waals surface area contributed by atoms with Gasteiger partial charge in [-0.2, -0.15) is 0 Å². The molecule has 0 aliphatic heterocycles. The Kier molecular flexibility index (Phi) is 4.54. The molecule has 0 spiro atoms. The molecule has 0 saturated carbocycles. The third kappa shape index (κ3) is 3.49. The van der Waals surface area contributed by atoms with E-state index in [2.05, 4.69) is 5.32 Å². The predicted octanol–water partition coefficient (Wildman–Crippen LogP) is 2.90. The Morgan fingerprint density at radius 3 is 2.43 bits per heavy atom. The largest absolute Gasteiger partial charge is 0.392 e. The van der Waals surface area contributed by atoms with Gasteiger partial charge in [0.2, 0.25) is 0 Å². The molecule has 0 radical (unpaired) electrons. The maximum atomic E-state index is 12.4. The van der Waals surface area contributed by atoms with E-state index < -0.39 is 0 Å². The molecule has 2 aromatic carbocycles. The molecule has 116 valence electrons. The zero-order valence-electron chi connectivity index (χ0n) is 12.6. The first kappa shape index (κ1) is 15.1. The number of amides is 1. The summed E-state index contributed by atoms with van der Waals surface area (Å²) < 4.78 is 1.96. The molecule has 3 aromatic rings. The summed E-state index contributed by atoms with van der Waals surface area (Å²) >= 11 is 0. The Morgan fingerprint density at radius 1 is 0.957 bits per heavy atom. The van der Waals surface area contributed by atoms with Crippen molar-refractivity contribution < 1.29 is 9.90 Å². The van der Waals surface area contributed by atoms with E-state index in [1.165, 1.54) is 0 Å². The lowest BCUT2D eigenvalue weighted by Gasteiger charge is -2.10. The minimum Gasteiger partial charge on any atom is -0.392 e. The number of nitrogens with one attached hydrogen (secondary N) is 1. The second-order valence-corrected chi connectivity index (χ2v) is 5.25. The molecule has 0 aliphatic rings. The van der Waals surface area contributed by atoms with Crippen molar-refractivity contribution in [2.45, 2.75) is 13.2 Å². The van der Waals surface area contributed by atoms with Crippen LogP contribution in [0.4, 0.5) is 0 Å². The van der Waals surface area contributed by atoms with Crippen molar-refractivity contribution in [3.8, 4) is 5.69 Å². The lowest BCUT2D eigenvalue weighted by Crippen LogP contribution is -2.23. The van der Waals surface area contributed by atoms with Crippen LogP contribution < -0.4 is 5.32 Å². The number of aliphatic hydroxyl groups excluding tert-OH is 1. The summed E-state index contributed by atoms with van der Waals surface area (Å²) in [5, 5.41) is 12.2. The monoisotopic (exact) mass is 306 g/mol. The predicted molar refractivity (Wildman–Crippen MR) is 89.3 cm³/mol. The Labute approximate surface area is 135 Å². The van der Waals surface area contributed by atoms with Crippen molar-refractivity contribution in [2.24, 2.45) is 0 Å². The number of benzene rings is 2. The molecule has 2 N–H and O–H groups in total. The number of nitrogens with zero attached hydrogens (tertiary/aromatic N) is 1. The van der Waals surface area contributed by atoms with Gasteiger partial charge in [0.15, 0.2) is 0 Å². The number of aliphatic hydroxyl groups is 1. The number of rotatable bonds is 5. The Balaban J connectivity index is 1.72. The summed E-state index contributed by atoms with van der Waals surface area (Å²) in [4.78, 5) is 12.4. The number of hydrogen-bond donors (Lipinski definition) is 2. The minimum atomic E-state index is -0.133. The van der Waals surface area contributed by atoms with Crippen LogP contribution in [0.2, 0.25) is 0 Å². The molecule has 4 heteroatoms. The van der Waals surface area contributed by atoms with Crippen LogP contribution in [-0.2, 0) is 13.2 Å². The number of hydrogen-bond acceptors (Lipinski definition) is 2. The molecular formula is C19H18N2O2. The molecule has 23 heavy (non-hydrogen) atoms. The first-order chi connectivity index (χ1) is 11.3. The maximum absolute atomic E-state index is 12.4. The highest BCUT2D eigenvalue weighted by atomic mass is 16.3. The van der Waals surface area contributed by atoms with Crippen LogP contribution in [0.3, 0.4) is 0 Å². The molecule has 0 bridgehead atoms. The summed E-state index contributed by atoms with van der Waals surface area (Å²) in [6.45, 7) is 0.360. The Hall–Kier alpha value is -2.85. The normalized spacial score (nSPS) is 10.5. The molecule has 4 nitrogen and oxygen atoms in total. The molecule has 1 aromatic heterocycles. The van der Waals surface area contributed by atoms with Crippen LogP contribution >= 0.6 is 0 Å². The van der Waals surface area contributed by atoms with Gasteiger partial charge in [-0.1, -0.05) is 30.3 Å². The van der Waals surface area contributed by atoms with E-state index in [1.54, 1.807) is 6.07 Å². The molecule has 0 fully saturated rings. The van der Waals surface area contributed by atoms with Crippen LogP contribution in [0.15, 0.2) is 73.1 Å². The molecule has 0 unspecified atom stereocenters. The van der Waals surface area contributed by atoms with Gasteiger partial charge in [0.1, 0.15) is 0 Å². The Bertz CT molecular complexity index is 795. The highest BCUT2D eigenvalue weighted by Gasteiger charge is 2.08. The van der Waals surface area contributed by atoms with Crippen molar-refractivity contribution in [2.75, 3.05) is 0 Å². The van der Waals surface area contributed by atoms with Gasteiger partial charge in [0.05, 0.1) is 6.61 Å². The van der Waals surface area contributed by atoms with Crippen molar-refractivity contribution in [3.05, 3.63) is 89.7 Å². The number of carbonyl (C=O) groups excluding carboxylic acids is 1. The van der Waals surface area contributed by atoms with Gasteiger partial charge in [-0.15, -0.1) is 0 Å². The van der Waals surface area contributed by atoms with Gasteiger partial charge < -0.3 is 15.0 Å². The number of aromatic nitrogens is 1. The quantitative estimate of drug-likeness (QED) is 0.761. The van der Waals surface area contributed by atoms with Gasteiger partial charge in [-0.3, -0.25) is 4.79 Å². The molecule has 3 rings (SSSR count). The van der Waals surface area contributed by atoms with Gasteiger partial charge in [0, 0.05) is 30.2 Å². The second kappa shape index (κ2) is 6.94. The van der Waals surface area contributed by atoms with E-state index in [-0.39, 0.29) is 12.5 Å². The highest BCUT2D eigenvalue weighted by molar-refractivity contribution is 5.94. The number of carbonyl (C=O) groups is 1. The van der Waals surface area contributed by atoms with Crippen molar-refractivity contribution in [1.29, 1.82) is 0 Å². The van der Waals surface area contributed by atoms with Crippen molar-refractivity contribution in [3.63, 3.8) is 0 Å². The third-order valence-electron chi connectivity index (χ3n) is 3.74. The molecule has 0 saturated heterocycles. The first-order valence-electron chi connectivity index (χ1n) is 7.47. The molecule has 0 atom stereocenters. The van der Waals surface area contributed by atoms with Gasteiger partial charge >= 0.3 is 0 Å². The summed E-state index contributed by atoms with van der Waals surface area (Å²) in [6, 6.07) is 18.9. The van der Waals surface area contributed by atoms with E-state index in [1.807, 2.05) is 71.6 Å². The lowest BCUT2D eigenvalue weighted by molar-refractivity contribution is 0.0950. The van der Waals surface area contributed by atoms with E-state index in [9.17, 15) is 9.90 Å². The summed E-state index contributed by atoms with van der Waals surface area (Å²) in [5.41, 5.74) is 3.30. The minimum absolute atomic E-state index is 0.0326. The maximum Gasteiger partial charge on any atom is 0.251 e. The average molecular weight is 306 g/mol. The van der Waals surface area contributed by atoms with Crippen LogP contribution in [0.5, 0.6) is 0 Å². The average Bonchev–Trinajstić information content (AvgIpc) is 3.14. The van der Waals surface area contributed by atoms with Crippen LogP contribution in [0.1, 0.15) is 21.5 Å². The van der Waals surface area contributed by atoms with Gasteiger partial charge in [0.25, 0.3) is 5.91 Å². The second-order valence-electron chi connectivity index (χ2n) is 5.25. The van der Waals surface area contributed by atoms with Gasteiger partial charge in [-0.05, 0) is 41.5 Å². The van der Waals surface area contributed by atoms with E-state index in [0.717, 1.165) is 16.8 Å². The van der Waals surface area contributed by atoms with E-state index in [4.69, 9.17) is 0 Å². The van der Waals surface area contributed by atoms with E-state index in [0.29, 0.717) is 12.1 Å². The van der Waals surface area contributed by atoms with E-state index >= 15 is 0 Å². The van der Waals surface area contributed by atoms with Gasteiger partial charge in [-0.25, -0.2) is 0 Å². The third-order valence-corrected chi connectivity index (χ3v) is 3.74. The van der Waals surface area contributed by atoms with Crippen LogP contribution in [-0.4, -0.2) is 15.6 Å². The SMILES string of the molecule is O=C(NCc1ccccc1CO)c1cccc(-n2cccc2)c1. The fourth-order valence-electron chi connectivity index (χ4n) is 2.48. The molecular weight excluding hydrogens is 288 g/mol. The molecule has 1 amide bonds. The highest BCUT2D eigenvalue weighted by Crippen LogP contribution is 2.12. The topological polar surface area (TPSA) is 54.3 Å². The summed E-state index contributed by atoms with van der Waals surface area (Å²) in [5.74, 6) is -0.133. The molecule has 0 aliphatic carbocycles. The zero-order chi connectivity index (χ0) is 16.1. The fraction of sp³-hybridized carbons (Fsp3) is 0.105. The fourth-order valence-corrected chi connectivity index (χ4v) is 2.48. The van der Waals surface area contributed by atoms with Crippen molar-refractivity contribution >= 4 is 5.91 Å². The Morgan fingerprint density at radius 2 is 1.70 bits per heavy atom. The zero-order valence-corrected chi connectivity index (χ0v) is 12.6. The first-order valence-corrected chi connectivity index (χ1v) is 7.47. The van der Waals surface area contributed by atoms with Crippen LogP contribution in [0, 0.1) is 0 Å². The summed E-state index contributed by atoms with van der Waals surface area (Å²) in [7, 11) is 0. The van der Waals surface area contributed by atoms with Crippen molar-refractivity contribution in [1.82, 2.24) is 9.88 Å². The smallest absolute Gasteiger partial charge is 0.251 e. The lowest BCUT2D eigenvalue weighted by atomic mass is 10.1. The summed E-state index contributed by atoms with van der Waals surface area (Å²) in [6.07, 6.45) is 3.88. The molecule has 1 heterocycles. The van der Waals surface area contributed by atoms with Crippen LogP contribution in [0.25, 0.3) is 5.69 Å².